The fraction of sp³-hybridized carbons (Fsp3) is 0.267. The van der Waals surface area contributed by atoms with Gasteiger partial charge < -0.3 is 5.32 Å². The highest BCUT2D eigenvalue weighted by molar-refractivity contribution is 8.01. The molecule has 8 nitrogen and oxygen atoms in total. The van der Waals surface area contributed by atoms with Gasteiger partial charge in [-0.2, -0.15) is 5.10 Å². The Labute approximate surface area is 159 Å². The van der Waals surface area contributed by atoms with Gasteiger partial charge in [0.2, 0.25) is 12.1 Å². The number of nitrogens with zero attached hydrogens (tertiary/aromatic N) is 4. The third-order valence-corrected chi connectivity index (χ3v) is 5.72. The second kappa shape index (κ2) is 7.56. The van der Waals surface area contributed by atoms with Crippen LogP contribution in [0.1, 0.15) is 16.2 Å². The Morgan fingerprint density at radius 2 is 2.22 bits per heavy atom. The van der Waals surface area contributed by atoms with E-state index >= 15 is 0 Å². The molecule has 142 valence electrons. The molecule has 1 N–H and O–H groups in total. The summed E-state index contributed by atoms with van der Waals surface area (Å²) in [6, 6.07) is 4.89. The molecule has 2 aromatic heterocycles. The van der Waals surface area contributed by atoms with Crippen LogP contribution in [-0.4, -0.2) is 37.8 Å². The van der Waals surface area contributed by atoms with E-state index < -0.39 is 17.3 Å². The number of aromatic nitrogens is 3. The quantitative estimate of drug-likeness (QED) is 0.374. The number of anilines is 1. The number of aryl methyl sites for hydroxylation is 2. The second-order valence-electron chi connectivity index (χ2n) is 5.48. The van der Waals surface area contributed by atoms with E-state index in [2.05, 4.69) is 15.4 Å². The van der Waals surface area contributed by atoms with Crippen LogP contribution in [0.2, 0.25) is 0 Å². The van der Waals surface area contributed by atoms with Gasteiger partial charge in [-0.15, -0.1) is 11.3 Å². The third-order valence-electron chi connectivity index (χ3n) is 3.55. The molecule has 2 heterocycles. The molecule has 0 saturated carbocycles. The molecule has 0 bridgehead atoms. The molecule has 0 spiro atoms. The van der Waals surface area contributed by atoms with Crippen LogP contribution in [0.4, 0.5) is 20.2 Å². The summed E-state index contributed by atoms with van der Waals surface area (Å²) < 4.78 is 27.0. The predicted molar refractivity (Wildman–Crippen MR) is 98.9 cm³/mol. The number of alkyl halides is 2. The maximum atomic E-state index is 12.5. The first kappa shape index (κ1) is 19.2. The number of fused-ring (bicyclic) bond motifs is 1. The van der Waals surface area contributed by atoms with Crippen molar-refractivity contribution < 1.29 is 18.5 Å². The van der Waals surface area contributed by atoms with Crippen molar-refractivity contribution in [2.24, 2.45) is 7.05 Å². The first-order valence-electron chi connectivity index (χ1n) is 7.57. The van der Waals surface area contributed by atoms with E-state index in [0.717, 1.165) is 16.4 Å². The monoisotopic (exact) mass is 413 g/mol. The Morgan fingerprint density at radius 3 is 2.89 bits per heavy atom. The number of hydrogen-bond donors (Lipinski definition) is 1. The highest BCUT2D eigenvalue weighted by Crippen LogP contribution is 2.32. The summed E-state index contributed by atoms with van der Waals surface area (Å²) in [5.74, 6) is -1.01. The number of nitro groups is 1. The van der Waals surface area contributed by atoms with E-state index in [0.29, 0.717) is 20.2 Å². The molecule has 12 heteroatoms. The Hall–Kier alpha value is -2.60. The lowest BCUT2D eigenvalue weighted by molar-refractivity contribution is -0.385. The molecule has 0 atom stereocenters. The molecule has 0 aliphatic carbocycles. The van der Waals surface area contributed by atoms with Crippen LogP contribution in [0.3, 0.4) is 0 Å². The lowest BCUT2D eigenvalue weighted by Crippen LogP contribution is -2.17. The molecule has 0 radical (unpaired) electrons. The molecule has 1 aromatic carbocycles. The summed E-state index contributed by atoms with van der Waals surface area (Å²) in [5, 5.41) is 17.7. The second-order valence-corrected chi connectivity index (χ2v) is 7.78. The van der Waals surface area contributed by atoms with Crippen molar-refractivity contribution in [3.05, 3.63) is 39.7 Å². The van der Waals surface area contributed by atoms with Crippen LogP contribution < -0.4 is 5.32 Å². The zero-order valence-corrected chi connectivity index (χ0v) is 15.7. The first-order chi connectivity index (χ1) is 12.8. The highest BCUT2D eigenvalue weighted by Gasteiger charge is 2.29. The van der Waals surface area contributed by atoms with E-state index in [1.165, 1.54) is 25.3 Å². The van der Waals surface area contributed by atoms with Crippen LogP contribution in [0.15, 0.2) is 22.5 Å². The van der Waals surface area contributed by atoms with Gasteiger partial charge in [-0.05, 0) is 25.1 Å². The van der Waals surface area contributed by atoms with Crippen LogP contribution in [0.25, 0.3) is 10.2 Å². The van der Waals surface area contributed by atoms with Crippen LogP contribution in [0.5, 0.6) is 0 Å². The fourth-order valence-corrected chi connectivity index (χ4v) is 4.36. The van der Waals surface area contributed by atoms with Gasteiger partial charge in [0.05, 0.1) is 20.9 Å². The highest BCUT2D eigenvalue weighted by atomic mass is 32.2. The number of rotatable bonds is 6. The van der Waals surface area contributed by atoms with Crippen molar-refractivity contribution in [2.45, 2.75) is 17.7 Å². The lowest BCUT2D eigenvalue weighted by Gasteiger charge is -2.05. The number of halogens is 2. The van der Waals surface area contributed by atoms with Crippen molar-refractivity contribution >= 4 is 50.6 Å². The summed E-state index contributed by atoms with van der Waals surface area (Å²) in [6.45, 7) is 1.46. The summed E-state index contributed by atoms with van der Waals surface area (Å²) >= 11 is 2.20. The first-order valence-corrected chi connectivity index (χ1v) is 9.37. The van der Waals surface area contributed by atoms with Gasteiger partial charge in [0.15, 0.2) is 4.34 Å². The molecular weight excluding hydrogens is 400 g/mol. The van der Waals surface area contributed by atoms with Gasteiger partial charge in [0.25, 0.3) is 5.91 Å². The van der Waals surface area contributed by atoms with Crippen molar-refractivity contribution in [1.82, 2.24) is 14.8 Å². The molecule has 0 fully saturated rings. The molecule has 27 heavy (non-hydrogen) atoms. The van der Waals surface area contributed by atoms with E-state index in [1.807, 2.05) is 0 Å². The van der Waals surface area contributed by atoms with Gasteiger partial charge >= 0.3 is 5.69 Å². The van der Waals surface area contributed by atoms with Crippen LogP contribution in [-0.2, 0) is 7.05 Å². The lowest BCUT2D eigenvalue weighted by atomic mass is 10.2. The number of carbonyl (C=O) groups excluding carboxylic acids is 1. The van der Waals surface area contributed by atoms with Crippen molar-refractivity contribution in [3.8, 4) is 0 Å². The number of carbonyl (C=O) groups is 1. The van der Waals surface area contributed by atoms with Gasteiger partial charge in [-0.1, -0.05) is 11.8 Å². The number of nitrogens with one attached hydrogen (secondary N) is 1. The maximum Gasteiger partial charge on any atom is 0.322 e. The minimum Gasteiger partial charge on any atom is -0.320 e. The molecule has 0 saturated heterocycles. The van der Waals surface area contributed by atoms with Gasteiger partial charge in [-0.3, -0.25) is 19.6 Å². The normalized spacial score (nSPS) is 11.3. The summed E-state index contributed by atoms with van der Waals surface area (Å²) in [6.07, 6.45) is -2.42. The molecule has 1 amide bonds. The average molecular weight is 413 g/mol. The SMILES string of the molecule is Cc1nn(C)c(C(=O)Nc2ccc3nc(SCC(F)F)sc3c2)c1[N+](=O)[O-]. The van der Waals surface area contributed by atoms with Crippen LogP contribution in [0, 0.1) is 17.0 Å². The van der Waals surface area contributed by atoms with Gasteiger partial charge in [0, 0.05) is 12.7 Å². The fourth-order valence-electron chi connectivity index (χ4n) is 2.49. The van der Waals surface area contributed by atoms with Crippen molar-refractivity contribution in [2.75, 3.05) is 11.1 Å². The predicted octanol–water partition coefficient (Wildman–Crippen LogP) is 3.86. The zero-order chi connectivity index (χ0) is 19.7. The van der Waals surface area contributed by atoms with E-state index in [1.54, 1.807) is 18.2 Å². The van der Waals surface area contributed by atoms with Crippen molar-refractivity contribution in [3.63, 3.8) is 0 Å². The molecule has 0 aliphatic rings. The Bertz CT molecular complexity index is 1030. The third kappa shape index (κ3) is 4.06. The molecule has 0 aliphatic heterocycles. The Balaban J connectivity index is 1.84. The number of amides is 1. The van der Waals surface area contributed by atoms with E-state index in [-0.39, 0.29) is 22.8 Å². The Morgan fingerprint density at radius 1 is 1.48 bits per heavy atom. The smallest absolute Gasteiger partial charge is 0.320 e. The largest absolute Gasteiger partial charge is 0.322 e. The number of thiazole rings is 1. The molecular formula is C15H13F2N5O3S2. The van der Waals surface area contributed by atoms with E-state index in [9.17, 15) is 23.7 Å². The molecule has 3 rings (SSSR count). The zero-order valence-electron chi connectivity index (χ0n) is 14.1. The number of benzene rings is 1. The molecule has 3 aromatic rings. The Kier molecular flexibility index (Phi) is 5.37. The topological polar surface area (TPSA) is 103 Å². The standard InChI is InChI=1S/C15H13F2N5O3S2/c1-7-12(22(24)25)13(21(2)20-7)14(23)18-8-3-4-9-10(5-8)27-15(19-9)26-6-11(16)17/h3-5,11H,6H2,1-2H3,(H,18,23). The van der Waals surface area contributed by atoms with Gasteiger partial charge in [-0.25, -0.2) is 13.8 Å². The number of hydrogen-bond acceptors (Lipinski definition) is 7. The van der Waals surface area contributed by atoms with Crippen LogP contribution >= 0.6 is 23.1 Å². The summed E-state index contributed by atoms with van der Waals surface area (Å²) in [4.78, 5) is 27.3. The minimum atomic E-state index is -2.42. The minimum absolute atomic E-state index is 0.145. The number of thioether (sulfide) groups is 1. The molecule has 0 unspecified atom stereocenters. The maximum absolute atomic E-state index is 12.5. The van der Waals surface area contributed by atoms with Gasteiger partial charge in [0.1, 0.15) is 5.69 Å². The van der Waals surface area contributed by atoms with Crippen molar-refractivity contribution in [1.29, 1.82) is 0 Å². The summed E-state index contributed by atoms with van der Waals surface area (Å²) in [5.41, 5.74) is 0.674. The van der Waals surface area contributed by atoms with E-state index in [4.69, 9.17) is 0 Å². The average Bonchev–Trinajstić information content (AvgIpc) is 3.12. The summed E-state index contributed by atoms with van der Waals surface area (Å²) in [7, 11) is 1.45.